The molecule has 0 fully saturated rings. The van der Waals surface area contributed by atoms with Crippen LogP contribution in [0.25, 0.3) is 0 Å². The summed E-state index contributed by atoms with van der Waals surface area (Å²) < 4.78 is 5.38. The minimum absolute atomic E-state index is 0.00487. The minimum Gasteiger partial charge on any atom is -0.377 e. The Kier molecular flexibility index (Phi) is 6.78. The second kappa shape index (κ2) is 8.36. The molecule has 0 aromatic heterocycles. The highest BCUT2D eigenvalue weighted by Gasteiger charge is 2.09. The Bertz CT molecular complexity index is 515. The molecule has 1 unspecified atom stereocenters. The van der Waals surface area contributed by atoms with Crippen LogP contribution in [0, 0.1) is 18.8 Å². The molecule has 0 spiro atoms. The average Bonchev–Trinajstić information content (AvgIpc) is 2.42. The van der Waals surface area contributed by atoms with E-state index in [-0.39, 0.29) is 12.0 Å². The Balaban J connectivity index is 2.75. The summed E-state index contributed by atoms with van der Waals surface area (Å²) in [5.74, 6) is 5.62. The largest absolute Gasteiger partial charge is 0.377 e. The molecule has 0 aliphatic carbocycles. The molecule has 0 saturated heterocycles. The summed E-state index contributed by atoms with van der Waals surface area (Å²) in [6.45, 7) is 7.23. The van der Waals surface area contributed by atoms with Gasteiger partial charge in [-0.2, -0.15) is 0 Å². The third-order valence-electron chi connectivity index (χ3n) is 2.68. The molecule has 1 aromatic rings. The maximum atomic E-state index is 12.1. The Morgan fingerprint density at radius 3 is 2.85 bits per heavy atom. The number of nitrogens with one attached hydrogen (secondary N) is 1. The Hall–Kier alpha value is -1.83. The van der Waals surface area contributed by atoms with E-state index in [0.29, 0.717) is 25.3 Å². The zero-order valence-corrected chi connectivity index (χ0v) is 12.3. The van der Waals surface area contributed by atoms with Crippen molar-refractivity contribution in [3.05, 3.63) is 34.9 Å². The van der Waals surface area contributed by atoms with E-state index in [1.54, 1.807) is 6.07 Å². The van der Waals surface area contributed by atoms with Crippen LogP contribution in [0.2, 0.25) is 0 Å². The Morgan fingerprint density at radius 1 is 1.45 bits per heavy atom. The first-order valence-corrected chi connectivity index (χ1v) is 6.77. The van der Waals surface area contributed by atoms with E-state index in [4.69, 9.17) is 10.5 Å². The van der Waals surface area contributed by atoms with E-state index in [1.807, 2.05) is 32.9 Å². The zero-order chi connectivity index (χ0) is 15.0. The molecule has 20 heavy (non-hydrogen) atoms. The summed E-state index contributed by atoms with van der Waals surface area (Å²) in [6.07, 6.45) is 0.00487. The van der Waals surface area contributed by atoms with E-state index >= 15 is 0 Å². The number of carbonyl (C=O) groups is 1. The first kappa shape index (κ1) is 16.2. The van der Waals surface area contributed by atoms with Crippen LogP contribution in [0.4, 0.5) is 0 Å². The predicted molar refractivity (Wildman–Crippen MR) is 80.5 cm³/mol. The van der Waals surface area contributed by atoms with Gasteiger partial charge in [0.15, 0.2) is 0 Å². The van der Waals surface area contributed by atoms with Gasteiger partial charge >= 0.3 is 0 Å². The molecule has 1 atom stereocenters. The van der Waals surface area contributed by atoms with E-state index in [0.717, 1.165) is 11.1 Å². The predicted octanol–water partition coefficient (Wildman–Crippen LogP) is 1.46. The first-order chi connectivity index (χ1) is 9.56. The van der Waals surface area contributed by atoms with Crippen molar-refractivity contribution in [1.82, 2.24) is 5.32 Å². The second-order valence-electron chi connectivity index (χ2n) is 4.57. The van der Waals surface area contributed by atoms with E-state index in [2.05, 4.69) is 17.2 Å². The van der Waals surface area contributed by atoms with Crippen molar-refractivity contribution in [3.8, 4) is 11.8 Å². The van der Waals surface area contributed by atoms with Gasteiger partial charge in [0, 0.05) is 24.3 Å². The van der Waals surface area contributed by atoms with Crippen LogP contribution in [0.1, 0.15) is 35.3 Å². The summed E-state index contributed by atoms with van der Waals surface area (Å²) in [5, 5.41) is 2.86. The van der Waals surface area contributed by atoms with Gasteiger partial charge in [0.25, 0.3) is 5.91 Å². The van der Waals surface area contributed by atoms with Crippen LogP contribution in [0.15, 0.2) is 18.2 Å². The van der Waals surface area contributed by atoms with Gasteiger partial charge in [-0.05, 0) is 44.5 Å². The van der Waals surface area contributed by atoms with Crippen molar-refractivity contribution < 1.29 is 9.53 Å². The van der Waals surface area contributed by atoms with Gasteiger partial charge in [0.05, 0.1) is 12.6 Å². The Labute approximate surface area is 120 Å². The van der Waals surface area contributed by atoms with Gasteiger partial charge in [0.2, 0.25) is 0 Å². The van der Waals surface area contributed by atoms with Gasteiger partial charge in [-0.1, -0.05) is 11.8 Å². The molecule has 3 N–H and O–H groups in total. The SMILES string of the molecule is CCOC(C)CNC(=O)c1cc(C)cc(C#CCN)c1. The Morgan fingerprint density at radius 2 is 2.20 bits per heavy atom. The van der Waals surface area contributed by atoms with Crippen LogP contribution in [0.5, 0.6) is 0 Å². The normalized spacial score (nSPS) is 11.4. The number of hydrogen-bond acceptors (Lipinski definition) is 3. The van der Waals surface area contributed by atoms with Crippen molar-refractivity contribution >= 4 is 5.91 Å². The molecule has 108 valence electrons. The van der Waals surface area contributed by atoms with E-state index < -0.39 is 0 Å². The van der Waals surface area contributed by atoms with Crippen molar-refractivity contribution in [2.45, 2.75) is 26.9 Å². The van der Waals surface area contributed by atoms with Gasteiger partial charge < -0.3 is 15.8 Å². The van der Waals surface area contributed by atoms with Crippen LogP contribution in [0.3, 0.4) is 0 Å². The third kappa shape index (κ3) is 5.43. The average molecular weight is 274 g/mol. The van der Waals surface area contributed by atoms with Gasteiger partial charge in [-0.3, -0.25) is 4.79 Å². The number of hydrogen-bond donors (Lipinski definition) is 2. The third-order valence-corrected chi connectivity index (χ3v) is 2.68. The highest BCUT2D eigenvalue weighted by atomic mass is 16.5. The second-order valence-corrected chi connectivity index (χ2v) is 4.57. The lowest BCUT2D eigenvalue weighted by Gasteiger charge is -2.13. The molecular formula is C16H22N2O2. The lowest BCUT2D eigenvalue weighted by Crippen LogP contribution is -2.32. The molecule has 1 amide bonds. The highest BCUT2D eigenvalue weighted by molar-refractivity contribution is 5.94. The fourth-order valence-electron chi connectivity index (χ4n) is 1.82. The molecule has 0 bridgehead atoms. The standard InChI is InChI=1S/C16H22N2O2/c1-4-20-13(3)11-18-16(19)15-9-12(2)8-14(10-15)6-5-7-17/h8-10,13H,4,7,11,17H2,1-3H3,(H,18,19). The van der Waals surface area contributed by atoms with Gasteiger partial charge in [0.1, 0.15) is 0 Å². The molecular weight excluding hydrogens is 252 g/mol. The van der Waals surface area contributed by atoms with Crippen LogP contribution in [-0.4, -0.2) is 31.7 Å². The number of rotatable bonds is 5. The van der Waals surface area contributed by atoms with Crippen molar-refractivity contribution in [2.75, 3.05) is 19.7 Å². The summed E-state index contributed by atoms with van der Waals surface area (Å²) in [5.41, 5.74) is 7.76. The minimum atomic E-state index is -0.115. The molecule has 0 aliphatic heterocycles. The smallest absolute Gasteiger partial charge is 0.251 e. The van der Waals surface area contributed by atoms with Crippen molar-refractivity contribution in [3.63, 3.8) is 0 Å². The van der Waals surface area contributed by atoms with Gasteiger partial charge in [-0.15, -0.1) is 0 Å². The first-order valence-electron chi connectivity index (χ1n) is 6.77. The maximum Gasteiger partial charge on any atom is 0.251 e. The number of nitrogens with two attached hydrogens (primary N) is 1. The molecule has 0 aliphatic rings. The number of ether oxygens (including phenoxy) is 1. The van der Waals surface area contributed by atoms with Crippen LogP contribution in [-0.2, 0) is 4.74 Å². The zero-order valence-electron chi connectivity index (χ0n) is 12.3. The topological polar surface area (TPSA) is 64.3 Å². The lowest BCUT2D eigenvalue weighted by atomic mass is 10.1. The fourth-order valence-corrected chi connectivity index (χ4v) is 1.82. The summed E-state index contributed by atoms with van der Waals surface area (Å²) >= 11 is 0. The van der Waals surface area contributed by atoms with Crippen LogP contribution < -0.4 is 11.1 Å². The number of carbonyl (C=O) groups excluding carboxylic acids is 1. The number of amides is 1. The van der Waals surface area contributed by atoms with Crippen molar-refractivity contribution in [2.24, 2.45) is 5.73 Å². The van der Waals surface area contributed by atoms with E-state index in [1.165, 1.54) is 0 Å². The van der Waals surface area contributed by atoms with Crippen LogP contribution >= 0.6 is 0 Å². The summed E-state index contributed by atoms with van der Waals surface area (Å²) in [7, 11) is 0. The quantitative estimate of drug-likeness (QED) is 0.799. The number of benzene rings is 1. The molecule has 4 heteroatoms. The molecule has 0 heterocycles. The summed E-state index contributed by atoms with van der Waals surface area (Å²) in [6, 6.07) is 5.55. The van der Waals surface area contributed by atoms with Crippen molar-refractivity contribution in [1.29, 1.82) is 0 Å². The van der Waals surface area contributed by atoms with Gasteiger partial charge in [-0.25, -0.2) is 0 Å². The molecule has 0 saturated carbocycles. The molecule has 0 radical (unpaired) electrons. The number of aryl methyl sites for hydroxylation is 1. The molecule has 1 rings (SSSR count). The molecule has 1 aromatic carbocycles. The fraction of sp³-hybridized carbons (Fsp3) is 0.438. The molecule has 4 nitrogen and oxygen atoms in total. The monoisotopic (exact) mass is 274 g/mol. The highest BCUT2D eigenvalue weighted by Crippen LogP contribution is 2.09. The maximum absolute atomic E-state index is 12.1. The summed E-state index contributed by atoms with van der Waals surface area (Å²) in [4.78, 5) is 12.1. The lowest BCUT2D eigenvalue weighted by molar-refractivity contribution is 0.0695. The van der Waals surface area contributed by atoms with E-state index in [9.17, 15) is 4.79 Å².